The summed E-state index contributed by atoms with van der Waals surface area (Å²) in [7, 11) is -2.15. The molecule has 2 aromatic rings. The molecule has 2 heterocycles. The summed E-state index contributed by atoms with van der Waals surface area (Å²) < 4.78 is 38.7. The number of hydrogen-bond donors (Lipinski definition) is 1. The SMILES string of the molecule is COc1ccsc1S(=O)(=O)N[C@@H]1COc2c(C)cccc2C1. The molecule has 0 radical (unpaired) electrons. The number of ether oxygens (including phenoxy) is 2. The van der Waals surface area contributed by atoms with Crippen LogP contribution in [0.4, 0.5) is 0 Å². The number of para-hydroxylation sites is 1. The highest BCUT2D eigenvalue weighted by Gasteiger charge is 2.28. The number of thiophene rings is 1. The van der Waals surface area contributed by atoms with Gasteiger partial charge in [0.1, 0.15) is 18.1 Å². The molecule has 0 bridgehead atoms. The van der Waals surface area contributed by atoms with E-state index in [4.69, 9.17) is 9.47 Å². The second-order valence-corrected chi connectivity index (χ2v) is 8.00. The van der Waals surface area contributed by atoms with E-state index in [-0.39, 0.29) is 10.3 Å². The first kappa shape index (κ1) is 15.3. The molecule has 1 aromatic heterocycles. The lowest BCUT2D eigenvalue weighted by Crippen LogP contribution is -2.42. The van der Waals surface area contributed by atoms with E-state index in [1.807, 2.05) is 25.1 Å². The third-order valence-electron chi connectivity index (χ3n) is 3.57. The summed E-state index contributed by atoms with van der Waals surface area (Å²) in [6.45, 7) is 2.31. The Bertz CT molecular complexity index is 783. The number of rotatable bonds is 4. The smallest absolute Gasteiger partial charge is 0.254 e. The van der Waals surface area contributed by atoms with Gasteiger partial charge in [-0.3, -0.25) is 0 Å². The highest BCUT2D eigenvalue weighted by molar-refractivity contribution is 7.91. The second kappa shape index (κ2) is 5.91. The lowest BCUT2D eigenvalue weighted by atomic mass is 10.0. The first-order chi connectivity index (χ1) is 10.5. The van der Waals surface area contributed by atoms with Gasteiger partial charge in [-0.2, -0.15) is 0 Å². The molecule has 1 aromatic carbocycles. The molecular weight excluding hydrogens is 322 g/mol. The second-order valence-electron chi connectivity index (χ2n) is 5.17. The predicted molar refractivity (Wildman–Crippen MR) is 85.4 cm³/mol. The van der Waals surface area contributed by atoms with Crippen molar-refractivity contribution in [2.45, 2.75) is 23.6 Å². The molecule has 0 saturated heterocycles. The van der Waals surface area contributed by atoms with Gasteiger partial charge in [-0.15, -0.1) is 11.3 Å². The van der Waals surface area contributed by atoms with Crippen LogP contribution in [0, 0.1) is 6.92 Å². The Hall–Kier alpha value is -1.57. The highest BCUT2D eigenvalue weighted by atomic mass is 32.2. The molecule has 0 aliphatic carbocycles. The molecule has 0 amide bonds. The number of nitrogens with one attached hydrogen (secondary N) is 1. The summed E-state index contributed by atoms with van der Waals surface area (Å²) in [6, 6.07) is 7.27. The van der Waals surface area contributed by atoms with Crippen molar-refractivity contribution in [3.8, 4) is 11.5 Å². The fourth-order valence-corrected chi connectivity index (χ4v) is 5.08. The molecule has 5 nitrogen and oxygen atoms in total. The van der Waals surface area contributed by atoms with Crippen LogP contribution >= 0.6 is 11.3 Å². The largest absolute Gasteiger partial charge is 0.494 e. The number of aryl methyl sites for hydroxylation is 1. The van der Waals surface area contributed by atoms with Crippen LogP contribution in [0.3, 0.4) is 0 Å². The van der Waals surface area contributed by atoms with Gasteiger partial charge >= 0.3 is 0 Å². The molecule has 1 atom stereocenters. The number of methoxy groups -OCH3 is 1. The molecule has 118 valence electrons. The van der Waals surface area contributed by atoms with Gasteiger partial charge in [0, 0.05) is 0 Å². The van der Waals surface area contributed by atoms with Gasteiger partial charge in [-0.05, 0) is 35.9 Å². The Kier molecular flexibility index (Phi) is 4.12. The summed E-state index contributed by atoms with van der Waals surface area (Å²) in [5.74, 6) is 1.23. The topological polar surface area (TPSA) is 64.6 Å². The fraction of sp³-hybridized carbons (Fsp3) is 0.333. The molecule has 22 heavy (non-hydrogen) atoms. The number of fused-ring (bicyclic) bond motifs is 1. The van der Waals surface area contributed by atoms with Crippen molar-refractivity contribution in [3.63, 3.8) is 0 Å². The molecule has 1 N–H and O–H groups in total. The summed E-state index contributed by atoms with van der Waals surface area (Å²) in [5.41, 5.74) is 2.09. The minimum atomic E-state index is -3.61. The molecule has 0 saturated carbocycles. The highest BCUT2D eigenvalue weighted by Crippen LogP contribution is 2.31. The van der Waals surface area contributed by atoms with Gasteiger partial charge in [-0.25, -0.2) is 13.1 Å². The maximum Gasteiger partial charge on any atom is 0.254 e. The van der Waals surface area contributed by atoms with Crippen molar-refractivity contribution in [3.05, 3.63) is 40.8 Å². The van der Waals surface area contributed by atoms with Crippen LogP contribution in [0.15, 0.2) is 33.9 Å². The molecule has 0 unspecified atom stereocenters. The lowest BCUT2D eigenvalue weighted by molar-refractivity contribution is 0.252. The van der Waals surface area contributed by atoms with Crippen LogP contribution in [0.5, 0.6) is 11.5 Å². The standard InChI is InChI=1S/C15H17NO4S2/c1-10-4-3-5-11-8-12(9-20-14(10)11)16-22(17,18)15-13(19-2)6-7-21-15/h3-7,12,16H,8-9H2,1-2H3/t12-/m0/s1. The molecule has 0 spiro atoms. The Morgan fingerprint density at radius 1 is 1.36 bits per heavy atom. The summed E-state index contributed by atoms with van der Waals surface area (Å²) >= 11 is 1.14. The summed E-state index contributed by atoms with van der Waals surface area (Å²) in [6.07, 6.45) is 0.615. The van der Waals surface area contributed by atoms with Crippen LogP contribution in [-0.2, 0) is 16.4 Å². The van der Waals surface area contributed by atoms with E-state index in [0.717, 1.165) is 28.2 Å². The van der Waals surface area contributed by atoms with Crippen LogP contribution in [0.2, 0.25) is 0 Å². The molecule has 3 rings (SSSR count). The van der Waals surface area contributed by atoms with Crippen LogP contribution < -0.4 is 14.2 Å². The summed E-state index contributed by atoms with van der Waals surface area (Å²) in [5, 5.41) is 1.70. The van der Waals surface area contributed by atoms with Crippen LogP contribution in [-0.4, -0.2) is 28.2 Å². The van der Waals surface area contributed by atoms with E-state index in [1.54, 1.807) is 11.4 Å². The summed E-state index contributed by atoms with van der Waals surface area (Å²) in [4.78, 5) is 0. The molecule has 7 heteroatoms. The number of sulfonamides is 1. The van der Waals surface area contributed by atoms with E-state index >= 15 is 0 Å². The van der Waals surface area contributed by atoms with Gasteiger partial charge in [0.2, 0.25) is 0 Å². The number of benzene rings is 1. The van der Waals surface area contributed by atoms with Crippen molar-refractivity contribution in [2.24, 2.45) is 0 Å². The third kappa shape index (κ3) is 2.84. The van der Waals surface area contributed by atoms with Crippen molar-refractivity contribution in [1.29, 1.82) is 0 Å². The predicted octanol–water partition coefficient (Wildman–Crippen LogP) is 2.35. The van der Waals surface area contributed by atoms with E-state index in [1.165, 1.54) is 7.11 Å². The minimum Gasteiger partial charge on any atom is -0.494 e. The van der Waals surface area contributed by atoms with Crippen molar-refractivity contribution in [1.82, 2.24) is 4.72 Å². The Labute approximate surface area is 133 Å². The van der Waals surface area contributed by atoms with Gasteiger partial charge in [0.05, 0.1) is 13.2 Å². The maximum absolute atomic E-state index is 12.5. The van der Waals surface area contributed by atoms with Crippen molar-refractivity contribution in [2.75, 3.05) is 13.7 Å². The van der Waals surface area contributed by atoms with Crippen LogP contribution in [0.1, 0.15) is 11.1 Å². The van der Waals surface area contributed by atoms with Gasteiger partial charge in [0.15, 0.2) is 4.21 Å². The minimum absolute atomic E-state index is 0.199. The van der Waals surface area contributed by atoms with Gasteiger partial charge < -0.3 is 9.47 Å². The van der Waals surface area contributed by atoms with E-state index < -0.39 is 10.0 Å². The van der Waals surface area contributed by atoms with E-state index in [2.05, 4.69) is 4.72 Å². The zero-order valence-corrected chi connectivity index (χ0v) is 14.0. The monoisotopic (exact) mass is 339 g/mol. The fourth-order valence-electron chi connectivity index (χ4n) is 2.57. The maximum atomic E-state index is 12.5. The first-order valence-electron chi connectivity index (χ1n) is 6.86. The van der Waals surface area contributed by atoms with Crippen LogP contribution in [0.25, 0.3) is 0 Å². The Morgan fingerprint density at radius 2 is 2.18 bits per heavy atom. The van der Waals surface area contributed by atoms with Crippen molar-refractivity contribution >= 4 is 21.4 Å². The zero-order chi connectivity index (χ0) is 15.7. The van der Waals surface area contributed by atoms with Gasteiger partial charge in [0.25, 0.3) is 10.0 Å². The molecular formula is C15H17NO4S2. The molecule has 1 aliphatic heterocycles. The molecule has 1 aliphatic rings. The normalized spacial score (nSPS) is 17.6. The Balaban J connectivity index is 1.80. The van der Waals surface area contributed by atoms with Crippen molar-refractivity contribution < 1.29 is 17.9 Å². The average molecular weight is 339 g/mol. The Morgan fingerprint density at radius 3 is 2.95 bits per heavy atom. The zero-order valence-electron chi connectivity index (χ0n) is 12.3. The lowest BCUT2D eigenvalue weighted by Gasteiger charge is -2.26. The molecule has 0 fully saturated rings. The van der Waals surface area contributed by atoms with E-state index in [9.17, 15) is 8.42 Å². The first-order valence-corrected chi connectivity index (χ1v) is 9.22. The quantitative estimate of drug-likeness (QED) is 0.929. The number of hydrogen-bond acceptors (Lipinski definition) is 5. The van der Waals surface area contributed by atoms with Gasteiger partial charge in [-0.1, -0.05) is 18.2 Å². The van der Waals surface area contributed by atoms with E-state index in [0.29, 0.717) is 18.8 Å². The average Bonchev–Trinajstić information content (AvgIpc) is 2.96. The third-order valence-corrected chi connectivity index (χ3v) is 6.54.